The second-order valence-corrected chi connectivity index (χ2v) is 18.2. The second kappa shape index (κ2) is 20.8. The minimum absolute atomic E-state index is 0.0330. The second-order valence-electron chi connectivity index (χ2n) is 18.2. The van der Waals surface area contributed by atoms with E-state index >= 15 is 0 Å². The molecule has 0 N–H and O–H groups in total. The summed E-state index contributed by atoms with van der Waals surface area (Å²) in [5.41, 5.74) is -0.907. The Labute approximate surface area is 309 Å². The highest BCUT2D eigenvalue weighted by Crippen LogP contribution is 2.37. The van der Waals surface area contributed by atoms with E-state index < -0.39 is 11.0 Å². The predicted octanol–water partition coefficient (Wildman–Crippen LogP) is 12.7. The summed E-state index contributed by atoms with van der Waals surface area (Å²) in [5.74, 6) is 0.308. The number of allylic oxidation sites excluding steroid dienone is 2. The van der Waals surface area contributed by atoms with Gasteiger partial charge < -0.3 is 14.2 Å². The lowest BCUT2D eigenvalue weighted by atomic mass is 9.78. The Morgan fingerprint density at radius 2 is 1.10 bits per heavy atom. The lowest BCUT2D eigenvalue weighted by Crippen LogP contribution is -2.41. The summed E-state index contributed by atoms with van der Waals surface area (Å²) >= 11 is 0. The first-order valence-electron chi connectivity index (χ1n) is 19.8. The third-order valence-electron chi connectivity index (χ3n) is 11.5. The average Bonchev–Trinajstić information content (AvgIpc) is 3.05. The van der Waals surface area contributed by atoms with Gasteiger partial charge in [0.15, 0.2) is 0 Å². The van der Waals surface area contributed by atoms with Gasteiger partial charge in [-0.1, -0.05) is 64.7 Å². The van der Waals surface area contributed by atoms with E-state index in [0.717, 1.165) is 44.9 Å². The summed E-state index contributed by atoms with van der Waals surface area (Å²) in [6, 6.07) is 0. The normalized spacial score (nSPS) is 18.1. The third kappa shape index (κ3) is 16.9. The SMILES string of the molecule is C=CC(C)(CCC=C(C)C)OC(=O)C(C)(C)CC.CCC(C)(C)C(=O)OC(C)(C)C1CCCCC1.CCC(C)(C)C(=O)OC1(C)CCCCC1. The van der Waals surface area contributed by atoms with E-state index in [4.69, 9.17) is 14.2 Å². The molecular formula is C44H80O6. The maximum Gasteiger partial charge on any atom is 0.312 e. The molecule has 50 heavy (non-hydrogen) atoms. The maximum atomic E-state index is 12.1. The van der Waals surface area contributed by atoms with Gasteiger partial charge in [-0.15, -0.1) is 0 Å². The number of hydrogen-bond donors (Lipinski definition) is 0. The van der Waals surface area contributed by atoms with Crippen LogP contribution in [0, 0.1) is 22.2 Å². The fourth-order valence-corrected chi connectivity index (χ4v) is 5.65. The van der Waals surface area contributed by atoms with Crippen molar-refractivity contribution in [3.8, 4) is 0 Å². The van der Waals surface area contributed by atoms with Crippen LogP contribution in [0.1, 0.15) is 200 Å². The summed E-state index contributed by atoms with van der Waals surface area (Å²) < 4.78 is 17.1. The van der Waals surface area contributed by atoms with Crippen molar-refractivity contribution in [2.75, 3.05) is 0 Å². The van der Waals surface area contributed by atoms with Crippen molar-refractivity contribution >= 4 is 17.9 Å². The fraction of sp³-hybridized carbons (Fsp3) is 0.841. The molecule has 2 fully saturated rings. The standard InChI is InChI=1S/C16H28O2.C15H28O2.C13H24O2/c1-8-15(5,6)14(17)18-16(7,9-2)12-10-11-13(3)4;1-6-14(2,3)13(16)17-15(4,5)12-10-8-7-9-11-12;1-5-12(2,3)11(14)15-13(4)9-7-6-8-10-13/h9,11H,2,8,10,12H2,1,3-7H3;12H,6-11H2,1-5H3;5-10H2,1-4H3. The van der Waals surface area contributed by atoms with E-state index in [9.17, 15) is 14.4 Å². The van der Waals surface area contributed by atoms with Crippen molar-refractivity contribution in [2.24, 2.45) is 22.2 Å². The van der Waals surface area contributed by atoms with Crippen molar-refractivity contribution in [1.82, 2.24) is 0 Å². The molecular weight excluding hydrogens is 624 g/mol. The molecule has 2 rings (SSSR count). The van der Waals surface area contributed by atoms with Crippen LogP contribution in [-0.4, -0.2) is 34.7 Å². The number of carbonyl (C=O) groups excluding carboxylic acids is 3. The highest BCUT2D eigenvalue weighted by Gasteiger charge is 2.39. The van der Waals surface area contributed by atoms with Crippen LogP contribution >= 0.6 is 0 Å². The summed E-state index contributed by atoms with van der Waals surface area (Å²) in [5, 5.41) is 0. The molecule has 1 atom stereocenters. The van der Waals surface area contributed by atoms with Crippen LogP contribution in [0.25, 0.3) is 0 Å². The van der Waals surface area contributed by atoms with Gasteiger partial charge in [0.2, 0.25) is 0 Å². The van der Waals surface area contributed by atoms with Gasteiger partial charge in [-0.3, -0.25) is 14.4 Å². The zero-order valence-electron chi connectivity index (χ0n) is 35.5. The molecule has 0 bridgehead atoms. The largest absolute Gasteiger partial charge is 0.459 e. The van der Waals surface area contributed by atoms with Gasteiger partial charge in [0.25, 0.3) is 0 Å². The Balaban J connectivity index is 0.000000723. The number of ether oxygens (including phenoxy) is 3. The number of hydrogen-bond acceptors (Lipinski definition) is 6. The highest BCUT2D eigenvalue weighted by molar-refractivity contribution is 5.77. The topological polar surface area (TPSA) is 78.9 Å². The van der Waals surface area contributed by atoms with E-state index in [2.05, 4.69) is 47.3 Å². The molecule has 0 aromatic carbocycles. The van der Waals surface area contributed by atoms with Crippen LogP contribution in [0.3, 0.4) is 0 Å². The van der Waals surface area contributed by atoms with Gasteiger partial charge in [0, 0.05) is 0 Å². The van der Waals surface area contributed by atoms with E-state index in [1.165, 1.54) is 56.9 Å². The molecule has 0 aromatic heterocycles. The van der Waals surface area contributed by atoms with Gasteiger partial charge in [-0.2, -0.15) is 0 Å². The zero-order valence-corrected chi connectivity index (χ0v) is 35.5. The van der Waals surface area contributed by atoms with Gasteiger partial charge in [-0.05, 0) is 166 Å². The molecule has 2 saturated carbocycles. The molecule has 0 spiro atoms. The van der Waals surface area contributed by atoms with Crippen molar-refractivity contribution < 1.29 is 28.6 Å². The highest BCUT2D eigenvalue weighted by atomic mass is 16.6. The summed E-state index contributed by atoms with van der Waals surface area (Å²) in [7, 11) is 0. The van der Waals surface area contributed by atoms with Crippen LogP contribution in [0.15, 0.2) is 24.3 Å². The molecule has 6 heteroatoms. The molecule has 0 amide bonds. The Morgan fingerprint density at radius 3 is 1.52 bits per heavy atom. The van der Waals surface area contributed by atoms with Crippen LogP contribution < -0.4 is 0 Å². The first kappa shape index (κ1) is 47.9. The molecule has 2 aliphatic carbocycles. The predicted molar refractivity (Wildman–Crippen MR) is 210 cm³/mol. The number of rotatable bonds is 14. The molecule has 0 aromatic rings. The van der Waals surface area contributed by atoms with Crippen molar-refractivity contribution in [1.29, 1.82) is 0 Å². The van der Waals surface area contributed by atoms with Gasteiger partial charge in [0.1, 0.15) is 16.8 Å². The van der Waals surface area contributed by atoms with Gasteiger partial charge in [-0.25, -0.2) is 0 Å². The summed E-state index contributed by atoms with van der Waals surface area (Å²) in [4.78, 5) is 36.2. The minimum Gasteiger partial charge on any atom is -0.459 e. The minimum atomic E-state index is -0.574. The van der Waals surface area contributed by atoms with Crippen molar-refractivity contribution in [3.63, 3.8) is 0 Å². The van der Waals surface area contributed by atoms with Gasteiger partial charge >= 0.3 is 17.9 Å². The van der Waals surface area contributed by atoms with Crippen LogP contribution in [0.4, 0.5) is 0 Å². The molecule has 0 aliphatic heterocycles. The first-order valence-corrected chi connectivity index (χ1v) is 19.8. The first-order chi connectivity index (χ1) is 22.9. The number of esters is 3. The van der Waals surface area contributed by atoms with Crippen molar-refractivity contribution in [3.05, 3.63) is 24.3 Å². The Kier molecular flexibility index (Phi) is 19.9. The summed E-state index contributed by atoms with van der Waals surface area (Å²) in [6.45, 7) is 33.8. The number of carbonyl (C=O) groups is 3. The Hall–Kier alpha value is -2.11. The monoisotopic (exact) mass is 705 g/mol. The fourth-order valence-electron chi connectivity index (χ4n) is 5.65. The smallest absolute Gasteiger partial charge is 0.312 e. The van der Waals surface area contributed by atoms with Gasteiger partial charge in [0.05, 0.1) is 16.2 Å². The molecule has 292 valence electrons. The van der Waals surface area contributed by atoms with E-state index in [-0.39, 0.29) is 39.9 Å². The molecule has 0 radical (unpaired) electrons. The average molecular weight is 705 g/mol. The summed E-state index contributed by atoms with van der Waals surface area (Å²) in [6.07, 6.45) is 20.0. The maximum absolute atomic E-state index is 12.1. The molecule has 2 aliphatic rings. The third-order valence-corrected chi connectivity index (χ3v) is 11.5. The lowest BCUT2D eigenvalue weighted by Gasteiger charge is -2.38. The molecule has 1 unspecified atom stereocenters. The van der Waals surface area contributed by atoms with E-state index in [0.29, 0.717) is 5.92 Å². The zero-order chi connectivity index (χ0) is 39.0. The van der Waals surface area contributed by atoms with Crippen LogP contribution in [0.2, 0.25) is 0 Å². The molecule has 6 nitrogen and oxygen atoms in total. The lowest BCUT2D eigenvalue weighted by molar-refractivity contribution is -0.174. The quantitative estimate of drug-likeness (QED) is 0.102. The molecule has 0 heterocycles. The van der Waals surface area contributed by atoms with Crippen LogP contribution in [0.5, 0.6) is 0 Å². The molecule has 0 saturated heterocycles. The Bertz CT molecular complexity index is 1080. The Morgan fingerprint density at radius 1 is 0.680 bits per heavy atom. The van der Waals surface area contributed by atoms with Crippen molar-refractivity contribution in [2.45, 2.75) is 217 Å². The van der Waals surface area contributed by atoms with Crippen LogP contribution in [-0.2, 0) is 28.6 Å². The van der Waals surface area contributed by atoms with E-state index in [1.54, 1.807) is 6.08 Å². The van der Waals surface area contributed by atoms with E-state index in [1.807, 2.05) is 69.2 Å².